The first-order chi connectivity index (χ1) is 13.9. The van der Waals surface area contributed by atoms with Crippen molar-refractivity contribution >= 4 is 0 Å². The molecule has 1 atom stereocenters. The summed E-state index contributed by atoms with van der Waals surface area (Å²) in [5, 5.41) is 19.7. The third kappa shape index (κ3) is 5.93. The van der Waals surface area contributed by atoms with E-state index in [9.17, 15) is 5.11 Å². The smallest absolute Gasteiger partial charge is 0.123 e. The van der Waals surface area contributed by atoms with Gasteiger partial charge >= 0.3 is 0 Å². The predicted octanol–water partition coefficient (Wildman–Crippen LogP) is 2.22. The molecule has 158 valence electrons. The monoisotopic (exact) mass is 400 g/mol. The molecular weight excluding hydrogens is 368 g/mol. The number of nitrogens with zero attached hydrogens (tertiary/aromatic N) is 2. The molecule has 29 heavy (non-hydrogen) atoms. The van der Waals surface area contributed by atoms with Gasteiger partial charge in [-0.05, 0) is 56.4 Å². The van der Waals surface area contributed by atoms with Crippen LogP contribution >= 0.6 is 0 Å². The van der Waals surface area contributed by atoms with Gasteiger partial charge in [0.1, 0.15) is 24.7 Å². The third-order valence-corrected chi connectivity index (χ3v) is 5.06. The highest BCUT2D eigenvalue weighted by molar-refractivity contribution is 5.40. The summed E-state index contributed by atoms with van der Waals surface area (Å²) in [4.78, 5) is 4.34. The van der Waals surface area contributed by atoms with Crippen molar-refractivity contribution in [2.75, 3.05) is 47.0 Å². The summed E-state index contributed by atoms with van der Waals surface area (Å²) in [6.45, 7) is 5.77. The first-order valence-corrected chi connectivity index (χ1v) is 10.1. The fourth-order valence-electron chi connectivity index (χ4n) is 3.74. The highest BCUT2D eigenvalue weighted by Crippen LogP contribution is 2.30. The van der Waals surface area contributed by atoms with E-state index in [1.165, 1.54) is 5.56 Å². The van der Waals surface area contributed by atoms with Crippen molar-refractivity contribution in [2.45, 2.75) is 25.6 Å². The number of hydrogen-bond acceptors (Lipinski definition) is 6. The molecule has 0 amide bonds. The molecular formula is C23H32N2O4. The Balaban J connectivity index is 1.71. The van der Waals surface area contributed by atoms with Gasteiger partial charge in [-0.3, -0.25) is 4.90 Å². The fourth-order valence-corrected chi connectivity index (χ4v) is 3.74. The van der Waals surface area contributed by atoms with Crippen molar-refractivity contribution in [2.24, 2.45) is 0 Å². The fraction of sp³-hybridized carbons (Fsp3) is 0.478. The lowest BCUT2D eigenvalue weighted by molar-refractivity contribution is 0.0299. The molecule has 0 unspecified atom stereocenters. The van der Waals surface area contributed by atoms with Gasteiger partial charge in [-0.25, -0.2) is 0 Å². The van der Waals surface area contributed by atoms with E-state index in [0.29, 0.717) is 19.8 Å². The van der Waals surface area contributed by atoms with Crippen molar-refractivity contribution < 1.29 is 19.7 Å². The molecule has 3 rings (SSSR count). The van der Waals surface area contributed by atoms with Crippen LogP contribution in [0.3, 0.4) is 0 Å². The zero-order valence-corrected chi connectivity index (χ0v) is 17.6. The van der Waals surface area contributed by atoms with E-state index < -0.39 is 5.60 Å². The predicted molar refractivity (Wildman–Crippen MR) is 113 cm³/mol. The summed E-state index contributed by atoms with van der Waals surface area (Å²) < 4.78 is 11.4. The number of likely N-dealkylation sites (N-methyl/N-ethyl adjacent to an activating group) is 1. The second-order valence-electron chi connectivity index (χ2n) is 8.11. The van der Waals surface area contributed by atoms with Crippen LogP contribution in [0.4, 0.5) is 0 Å². The summed E-state index contributed by atoms with van der Waals surface area (Å²) in [6.07, 6.45) is 0. The Bertz CT molecular complexity index is 790. The highest BCUT2D eigenvalue weighted by atomic mass is 16.5. The van der Waals surface area contributed by atoms with Crippen LogP contribution in [0.1, 0.15) is 23.6 Å². The average molecular weight is 401 g/mol. The maximum absolute atomic E-state index is 10.9. The minimum atomic E-state index is -0.917. The topological polar surface area (TPSA) is 65.4 Å². The molecule has 6 nitrogen and oxygen atoms in total. The van der Waals surface area contributed by atoms with Crippen LogP contribution in [0.25, 0.3) is 0 Å². The number of hydrogen-bond donors (Lipinski definition) is 2. The van der Waals surface area contributed by atoms with Gasteiger partial charge in [0.25, 0.3) is 0 Å². The standard InChI is InChI=1S/C23H32N2O4/c1-23(27,17-24(2)3)20-6-9-22-19(14-20)16-25(10-12-29-22)15-18-4-7-21(8-5-18)28-13-11-26/h4-9,14,26-27H,10-13,15-17H2,1-3H3/t23-/m0/s1. The van der Waals surface area contributed by atoms with Gasteiger partial charge in [0.15, 0.2) is 0 Å². The maximum Gasteiger partial charge on any atom is 0.123 e. The first-order valence-electron chi connectivity index (χ1n) is 10.1. The first kappa shape index (κ1) is 21.6. The van der Waals surface area contributed by atoms with Crippen LogP contribution in [-0.4, -0.2) is 67.0 Å². The van der Waals surface area contributed by atoms with Crippen molar-refractivity contribution in [1.82, 2.24) is 9.80 Å². The van der Waals surface area contributed by atoms with E-state index in [-0.39, 0.29) is 6.61 Å². The van der Waals surface area contributed by atoms with Crippen LogP contribution in [0.15, 0.2) is 42.5 Å². The molecule has 0 fully saturated rings. The summed E-state index contributed by atoms with van der Waals surface area (Å²) in [6, 6.07) is 14.0. The zero-order valence-electron chi connectivity index (χ0n) is 17.6. The molecule has 0 radical (unpaired) electrons. The van der Waals surface area contributed by atoms with E-state index >= 15 is 0 Å². The van der Waals surface area contributed by atoms with Gasteiger partial charge in [0.05, 0.1) is 12.2 Å². The SMILES string of the molecule is CN(C)C[C@](C)(O)c1ccc2c(c1)CN(Cc1ccc(OCCO)cc1)CCO2. The van der Waals surface area contributed by atoms with Gasteiger partial charge in [-0.2, -0.15) is 0 Å². The molecule has 0 bridgehead atoms. The Morgan fingerprint density at radius 1 is 1.17 bits per heavy atom. The lowest BCUT2D eigenvalue weighted by atomic mass is 9.93. The van der Waals surface area contributed by atoms with E-state index in [4.69, 9.17) is 14.6 Å². The molecule has 1 heterocycles. The lowest BCUT2D eigenvalue weighted by Gasteiger charge is -2.28. The average Bonchev–Trinajstić information content (AvgIpc) is 2.87. The van der Waals surface area contributed by atoms with Gasteiger partial charge in [0, 0.05) is 31.7 Å². The normalized spacial score (nSPS) is 16.6. The number of aliphatic hydroxyl groups excluding tert-OH is 1. The summed E-state index contributed by atoms with van der Waals surface area (Å²) in [5.41, 5.74) is 2.28. The highest BCUT2D eigenvalue weighted by Gasteiger charge is 2.26. The van der Waals surface area contributed by atoms with E-state index in [1.54, 1.807) is 0 Å². The van der Waals surface area contributed by atoms with Crippen molar-refractivity contribution in [3.05, 3.63) is 59.2 Å². The van der Waals surface area contributed by atoms with Crippen LogP contribution in [-0.2, 0) is 18.7 Å². The van der Waals surface area contributed by atoms with Crippen molar-refractivity contribution in [3.8, 4) is 11.5 Å². The largest absolute Gasteiger partial charge is 0.492 e. The van der Waals surface area contributed by atoms with Gasteiger partial charge < -0.3 is 24.6 Å². The van der Waals surface area contributed by atoms with Gasteiger partial charge in [-0.15, -0.1) is 0 Å². The minimum absolute atomic E-state index is 0.0123. The molecule has 1 aliphatic rings. The lowest BCUT2D eigenvalue weighted by Crippen LogP contribution is -2.34. The quantitative estimate of drug-likeness (QED) is 0.708. The molecule has 0 spiro atoms. The number of ether oxygens (including phenoxy) is 2. The van der Waals surface area contributed by atoms with Crippen LogP contribution in [0, 0.1) is 0 Å². The summed E-state index contributed by atoms with van der Waals surface area (Å²) in [5.74, 6) is 1.66. The molecule has 2 aromatic rings. The Morgan fingerprint density at radius 3 is 2.62 bits per heavy atom. The second-order valence-corrected chi connectivity index (χ2v) is 8.11. The Morgan fingerprint density at radius 2 is 1.93 bits per heavy atom. The number of aliphatic hydroxyl groups is 2. The summed E-state index contributed by atoms with van der Waals surface area (Å²) >= 11 is 0. The second kappa shape index (κ2) is 9.59. The Hall–Kier alpha value is -2.12. The van der Waals surface area contributed by atoms with Crippen LogP contribution in [0.2, 0.25) is 0 Å². The van der Waals surface area contributed by atoms with E-state index in [0.717, 1.165) is 42.3 Å². The molecule has 0 saturated heterocycles. The van der Waals surface area contributed by atoms with Crippen molar-refractivity contribution in [1.29, 1.82) is 0 Å². The Kier molecular flexibility index (Phi) is 7.14. The molecule has 0 aromatic heterocycles. The molecule has 0 saturated carbocycles. The van der Waals surface area contributed by atoms with Gasteiger partial charge in [-0.1, -0.05) is 18.2 Å². The number of fused-ring (bicyclic) bond motifs is 1. The molecule has 2 aromatic carbocycles. The molecule has 0 aliphatic carbocycles. The van der Waals surface area contributed by atoms with Crippen LogP contribution < -0.4 is 9.47 Å². The Labute approximate surface area is 173 Å². The number of rotatable bonds is 8. The summed E-state index contributed by atoms with van der Waals surface area (Å²) in [7, 11) is 3.92. The third-order valence-electron chi connectivity index (χ3n) is 5.06. The van der Waals surface area contributed by atoms with E-state index in [2.05, 4.69) is 23.1 Å². The van der Waals surface area contributed by atoms with E-state index in [1.807, 2.05) is 50.2 Å². The van der Waals surface area contributed by atoms with Crippen molar-refractivity contribution in [3.63, 3.8) is 0 Å². The number of benzene rings is 2. The van der Waals surface area contributed by atoms with Gasteiger partial charge in [0.2, 0.25) is 0 Å². The molecule has 2 N–H and O–H groups in total. The minimum Gasteiger partial charge on any atom is -0.492 e. The van der Waals surface area contributed by atoms with Crippen LogP contribution in [0.5, 0.6) is 11.5 Å². The molecule has 6 heteroatoms. The zero-order chi connectivity index (χ0) is 20.9. The molecule has 1 aliphatic heterocycles. The maximum atomic E-state index is 10.9.